The van der Waals surface area contributed by atoms with Gasteiger partial charge in [-0.05, 0) is 31.2 Å². The molecule has 1 aromatic carbocycles. The topological polar surface area (TPSA) is 82.1 Å². The van der Waals surface area contributed by atoms with Crippen molar-refractivity contribution in [3.8, 4) is 17.6 Å². The molecule has 0 spiro atoms. The molecule has 1 aromatic rings. The number of hydrogen-bond acceptors (Lipinski definition) is 6. The molecule has 178 valence electrons. The summed E-state index contributed by atoms with van der Waals surface area (Å²) in [6.45, 7) is 5.18. The normalized spacial score (nSPS) is 24.8. The van der Waals surface area contributed by atoms with Crippen molar-refractivity contribution in [3.05, 3.63) is 41.5 Å². The van der Waals surface area contributed by atoms with E-state index in [4.69, 9.17) is 14.2 Å². The molecule has 6 atom stereocenters. The van der Waals surface area contributed by atoms with E-state index in [1.807, 2.05) is 31.2 Å². The summed E-state index contributed by atoms with van der Waals surface area (Å²) in [6, 6.07) is 6.11. The molecule has 1 aliphatic carbocycles. The third-order valence-electron chi connectivity index (χ3n) is 6.55. The van der Waals surface area contributed by atoms with Crippen molar-refractivity contribution in [3.63, 3.8) is 0 Å². The molecule has 1 heterocycles. The molecule has 33 heavy (non-hydrogen) atoms. The number of methoxy groups -OCH3 is 1. The average molecular weight is 455 g/mol. The maximum absolute atomic E-state index is 11.7. The lowest BCUT2D eigenvalue weighted by molar-refractivity contribution is -0.147. The van der Waals surface area contributed by atoms with Crippen LogP contribution in [0.3, 0.4) is 0 Å². The van der Waals surface area contributed by atoms with Gasteiger partial charge in [0.15, 0.2) is 0 Å². The predicted molar refractivity (Wildman–Crippen MR) is 125 cm³/mol. The maximum Gasteiger partial charge on any atom is 0.305 e. The van der Waals surface area contributed by atoms with Gasteiger partial charge >= 0.3 is 11.9 Å². The Labute approximate surface area is 196 Å². The molecule has 0 radical (unpaired) electrons. The van der Waals surface area contributed by atoms with Gasteiger partial charge in [-0.25, -0.2) is 0 Å². The highest BCUT2D eigenvalue weighted by Gasteiger charge is 2.50. The molecule has 2 unspecified atom stereocenters. The van der Waals surface area contributed by atoms with Crippen molar-refractivity contribution in [2.45, 2.75) is 77.1 Å². The Morgan fingerprint density at radius 3 is 2.85 bits per heavy atom. The number of ether oxygens (including phenoxy) is 3. The van der Waals surface area contributed by atoms with Crippen molar-refractivity contribution in [1.29, 1.82) is 0 Å². The zero-order valence-electron chi connectivity index (χ0n) is 19.9. The number of aryl methyl sites for hydroxylation is 1. The first kappa shape index (κ1) is 24.9. The third kappa shape index (κ3) is 5.97. The molecule has 6 heteroatoms. The Hall–Kier alpha value is -2.78. The molecular weight excluding hydrogens is 420 g/mol. The molecule has 3 rings (SSSR count). The van der Waals surface area contributed by atoms with Gasteiger partial charge in [-0.2, -0.15) is 0 Å². The SMILES string of the molecule is CC#CCC(C)[C@H](O)/C=C/[C@@H]1C2c3cccc(CCCC(=O)OC)c3O[C@H]2C[C@H]1OC(C)=O. The van der Waals surface area contributed by atoms with Gasteiger partial charge in [-0.1, -0.05) is 37.3 Å². The Bertz CT molecular complexity index is 940. The van der Waals surface area contributed by atoms with Crippen LogP contribution in [0.5, 0.6) is 5.75 Å². The highest BCUT2D eigenvalue weighted by Crippen LogP contribution is 2.52. The first-order valence-electron chi connectivity index (χ1n) is 11.6. The molecule has 1 N–H and O–H groups in total. The summed E-state index contributed by atoms with van der Waals surface area (Å²) in [4.78, 5) is 23.2. The minimum absolute atomic E-state index is 0.00611. The van der Waals surface area contributed by atoms with Gasteiger partial charge in [0.2, 0.25) is 0 Å². The highest BCUT2D eigenvalue weighted by molar-refractivity contribution is 5.69. The summed E-state index contributed by atoms with van der Waals surface area (Å²) in [7, 11) is 1.40. The summed E-state index contributed by atoms with van der Waals surface area (Å²) in [6.07, 6.45) is 5.76. The van der Waals surface area contributed by atoms with Crippen LogP contribution >= 0.6 is 0 Å². The van der Waals surface area contributed by atoms with Gasteiger partial charge in [0.25, 0.3) is 0 Å². The first-order chi connectivity index (χ1) is 15.8. The summed E-state index contributed by atoms with van der Waals surface area (Å²) in [5.41, 5.74) is 2.17. The quantitative estimate of drug-likeness (QED) is 0.346. The van der Waals surface area contributed by atoms with E-state index in [0.29, 0.717) is 25.7 Å². The second-order valence-corrected chi connectivity index (χ2v) is 8.89. The van der Waals surface area contributed by atoms with Crippen LogP contribution in [0, 0.1) is 23.7 Å². The number of para-hydroxylation sites is 1. The summed E-state index contributed by atoms with van der Waals surface area (Å²) in [5.74, 6) is 6.18. The number of aliphatic hydroxyl groups is 1. The Morgan fingerprint density at radius 2 is 2.15 bits per heavy atom. The molecule has 0 bridgehead atoms. The predicted octanol–water partition coefficient (Wildman–Crippen LogP) is 3.95. The van der Waals surface area contributed by atoms with E-state index < -0.39 is 6.10 Å². The van der Waals surface area contributed by atoms with Crippen molar-refractivity contribution >= 4 is 11.9 Å². The number of carbonyl (C=O) groups is 2. The minimum Gasteiger partial charge on any atom is -0.489 e. The third-order valence-corrected chi connectivity index (χ3v) is 6.55. The van der Waals surface area contributed by atoms with Gasteiger partial charge in [0, 0.05) is 43.6 Å². The number of carbonyl (C=O) groups excluding carboxylic acids is 2. The molecule has 0 saturated heterocycles. The fourth-order valence-electron chi connectivity index (χ4n) is 4.82. The van der Waals surface area contributed by atoms with Crippen molar-refractivity contribution < 1.29 is 28.9 Å². The zero-order valence-corrected chi connectivity index (χ0v) is 19.9. The molecule has 1 aliphatic heterocycles. The monoisotopic (exact) mass is 454 g/mol. The molecule has 0 amide bonds. The maximum atomic E-state index is 11.7. The lowest BCUT2D eigenvalue weighted by Crippen LogP contribution is -2.23. The number of esters is 2. The number of aliphatic hydroxyl groups excluding tert-OH is 1. The molecule has 6 nitrogen and oxygen atoms in total. The summed E-state index contributed by atoms with van der Waals surface area (Å²) in [5, 5.41) is 10.6. The number of hydrogen-bond donors (Lipinski definition) is 1. The van der Waals surface area contributed by atoms with Gasteiger partial charge < -0.3 is 19.3 Å². The van der Waals surface area contributed by atoms with Crippen molar-refractivity contribution in [1.82, 2.24) is 0 Å². The van der Waals surface area contributed by atoms with Crippen LogP contribution < -0.4 is 4.74 Å². The standard InChI is InChI=1S/C27H34O6/c1-5-6-9-17(2)22(29)15-14-20-23(32-18(3)28)16-24-26(20)21-12-7-10-19(27(21)33-24)11-8-13-25(30)31-4/h7,10,12,14-15,17,20,22-24,26,29H,8-9,11,13,16H2,1-4H3/b15-14+/t17?,20-,22+,23+,24-,26?/m0/s1. The van der Waals surface area contributed by atoms with E-state index in [1.165, 1.54) is 14.0 Å². The van der Waals surface area contributed by atoms with E-state index in [2.05, 4.69) is 17.9 Å². The van der Waals surface area contributed by atoms with E-state index in [-0.39, 0.29) is 41.9 Å². The van der Waals surface area contributed by atoms with E-state index >= 15 is 0 Å². The number of rotatable bonds is 9. The number of fused-ring (bicyclic) bond motifs is 3. The van der Waals surface area contributed by atoms with Crippen LogP contribution in [0.4, 0.5) is 0 Å². The van der Waals surface area contributed by atoms with Crippen molar-refractivity contribution in [2.75, 3.05) is 7.11 Å². The first-order valence-corrected chi connectivity index (χ1v) is 11.6. The van der Waals surface area contributed by atoms with Gasteiger partial charge in [0.05, 0.1) is 13.2 Å². The van der Waals surface area contributed by atoms with Crippen LogP contribution in [0.2, 0.25) is 0 Å². The zero-order chi connectivity index (χ0) is 24.0. The Morgan fingerprint density at radius 1 is 1.36 bits per heavy atom. The van der Waals surface area contributed by atoms with Gasteiger partial charge in [-0.3, -0.25) is 9.59 Å². The van der Waals surface area contributed by atoms with E-state index in [0.717, 1.165) is 23.3 Å². The van der Waals surface area contributed by atoms with Gasteiger partial charge in [-0.15, -0.1) is 11.8 Å². The second-order valence-electron chi connectivity index (χ2n) is 8.89. The van der Waals surface area contributed by atoms with Crippen LogP contribution in [-0.2, 0) is 25.5 Å². The summed E-state index contributed by atoms with van der Waals surface area (Å²) < 4.78 is 16.8. The van der Waals surface area contributed by atoms with E-state index in [9.17, 15) is 14.7 Å². The second kappa shape index (κ2) is 11.4. The van der Waals surface area contributed by atoms with Gasteiger partial charge in [0.1, 0.15) is 18.0 Å². The Kier molecular flexibility index (Phi) is 8.57. The lowest BCUT2D eigenvalue weighted by Gasteiger charge is -2.22. The largest absolute Gasteiger partial charge is 0.489 e. The van der Waals surface area contributed by atoms with E-state index in [1.54, 1.807) is 6.92 Å². The minimum atomic E-state index is -0.630. The fraction of sp³-hybridized carbons (Fsp3) is 0.556. The highest BCUT2D eigenvalue weighted by atomic mass is 16.5. The Balaban J connectivity index is 1.81. The molecular formula is C27H34O6. The van der Waals surface area contributed by atoms with Crippen LogP contribution in [0.15, 0.2) is 30.4 Å². The lowest BCUT2D eigenvalue weighted by atomic mass is 9.86. The average Bonchev–Trinajstić information content (AvgIpc) is 3.31. The fourth-order valence-corrected chi connectivity index (χ4v) is 4.82. The molecule has 1 saturated carbocycles. The van der Waals surface area contributed by atoms with Crippen LogP contribution in [0.25, 0.3) is 0 Å². The van der Waals surface area contributed by atoms with Crippen LogP contribution in [-0.4, -0.2) is 42.5 Å². The smallest absolute Gasteiger partial charge is 0.305 e. The molecule has 0 aromatic heterocycles. The molecule has 1 fully saturated rings. The van der Waals surface area contributed by atoms with Crippen LogP contribution in [0.1, 0.15) is 63.5 Å². The summed E-state index contributed by atoms with van der Waals surface area (Å²) >= 11 is 0. The number of benzene rings is 1. The van der Waals surface area contributed by atoms with Crippen molar-refractivity contribution in [2.24, 2.45) is 11.8 Å². The molecule has 2 aliphatic rings.